The van der Waals surface area contributed by atoms with Crippen molar-refractivity contribution in [3.05, 3.63) is 182 Å². The molecule has 0 bridgehead atoms. The topological polar surface area (TPSA) is 32.3 Å². The molecule has 0 saturated carbocycles. The van der Waals surface area contributed by atoms with Crippen LogP contribution in [0.5, 0.6) is 0 Å². The van der Waals surface area contributed by atoms with Crippen molar-refractivity contribution in [3.8, 4) is 0 Å². The molecular formula is C46H30N4. The number of aromatic nitrogens is 2. The summed E-state index contributed by atoms with van der Waals surface area (Å²) in [5, 5.41) is 12.0. The summed E-state index contributed by atoms with van der Waals surface area (Å²) in [6, 6.07) is 60.6. The highest BCUT2D eigenvalue weighted by molar-refractivity contribution is 6.28. The summed E-state index contributed by atoms with van der Waals surface area (Å²) in [5.41, 5.74) is 4.30. The van der Waals surface area contributed by atoms with E-state index in [0.717, 1.165) is 34.4 Å². The smallest absolute Gasteiger partial charge is 0.137 e. The Morgan fingerprint density at radius 3 is 1.16 bits per heavy atom. The Morgan fingerprint density at radius 1 is 0.320 bits per heavy atom. The van der Waals surface area contributed by atoms with Crippen molar-refractivity contribution < 1.29 is 0 Å². The largest absolute Gasteiger partial charge is 0.294 e. The van der Waals surface area contributed by atoms with E-state index in [4.69, 9.17) is 9.97 Å². The molecule has 10 aromatic rings. The quantitative estimate of drug-likeness (QED) is 0.170. The van der Waals surface area contributed by atoms with Crippen molar-refractivity contribution in [1.82, 2.24) is 9.97 Å². The zero-order valence-corrected chi connectivity index (χ0v) is 27.1. The molecule has 0 spiro atoms. The highest BCUT2D eigenvalue weighted by Gasteiger charge is 2.22. The summed E-state index contributed by atoms with van der Waals surface area (Å²) in [4.78, 5) is 14.3. The molecule has 2 aromatic heterocycles. The third-order valence-electron chi connectivity index (χ3n) is 9.84. The van der Waals surface area contributed by atoms with Gasteiger partial charge in [-0.3, -0.25) is 9.80 Å². The van der Waals surface area contributed by atoms with Crippen LogP contribution in [0.3, 0.4) is 0 Å². The maximum absolute atomic E-state index is 4.86. The lowest BCUT2D eigenvalue weighted by Gasteiger charge is -2.28. The maximum Gasteiger partial charge on any atom is 0.137 e. The number of benzene rings is 8. The van der Waals surface area contributed by atoms with E-state index in [-0.39, 0.29) is 0 Å². The molecule has 2 heterocycles. The van der Waals surface area contributed by atoms with E-state index in [0.29, 0.717) is 0 Å². The van der Waals surface area contributed by atoms with Crippen molar-refractivity contribution in [3.63, 3.8) is 0 Å². The lowest BCUT2D eigenvalue weighted by atomic mass is 9.92. The Labute approximate surface area is 289 Å². The van der Waals surface area contributed by atoms with Gasteiger partial charge in [0.15, 0.2) is 0 Å². The number of hydrogen-bond donors (Lipinski definition) is 0. The van der Waals surface area contributed by atoms with Gasteiger partial charge in [-0.25, -0.2) is 9.97 Å². The molecule has 0 N–H and O–H groups in total. The molecule has 234 valence electrons. The van der Waals surface area contributed by atoms with E-state index >= 15 is 0 Å². The first-order valence-electron chi connectivity index (χ1n) is 16.9. The Bertz CT molecular complexity index is 2630. The molecule has 8 aromatic carbocycles. The number of pyridine rings is 2. The molecule has 0 aliphatic carbocycles. The lowest BCUT2D eigenvalue weighted by Crippen LogP contribution is -2.13. The average molecular weight is 639 g/mol. The molecule has 4 heteroatoms. The molecule has 0 radical (unpaired) electrons. The predicted octanol–water partition coefficient (Wildman–Crippen LogP) is 12.6. The first-order valence-corrected chi connectivity index (χ1v) is 16.9. The second-order valence-electron chi connectivity index (χ2n) is 12.7. The molecule has 4 nitrogen and oxygen atoms in total. The molecule has 50 heavy (non-hydrogen) atoms. The first-order chi connectivity index (χ1) is 24.8. The normalized spacial score (nSPS) is 11.6. The van der Waals surface area contributed by atoms with E-state index in [9.17, 15) is 0 Å². The minimum absolute atomic E-state index is 0.871. The Morgan fingerprint density at radius 2 is 0.720 bits per heavy atom. The number of rotatable bonds is 6. The van der Waals surface area contributed by atoms with Crippen molar-refractivity contribution in [2.75, 3.05) is 9.80 Å². The Balaban J connectivity index is 1.23. The number of anilines is 6. The van der Waals surface area contributed by atoms with Crippen LogP contribution < -0.4 is 9.80 Å². The van der Waals surface area contributed by atoms with Gasteiger partial charge >= 0.3 is 0 Å². The monoisotopic (exact) mass is 638 g/mol. The number of fused-ring (bicyclic) bond motifs is 2. The number of hydrogen-bond acceptors (Lipinski definition) is 4. The van der Waals surface area contributed by atoms with Crippen molar-refractivity contribution >= 4 is 88.2 Å². The third-order valence-corrected chi connectivity index (χ3v) is 9.84. The van der Waals surface area contributed by atoms with Gasteiger partial charge in [-0.15, -0.1) is 0 Å². The van der Waals surface area contributed by atoms with E-state index < -0.39 is 0 Å². The maximum atomic E-state index is 4.86. The zero-order chi connectivity index (χ0) is 33.0. The van der Waals surface area contributed by atoms with Crippen LogP contribution in [-0.4, -0.2) is 9.97 Å². The minimum atomic E-state index is 0.871. The predicted molar refractivity (Wildman–Crippen MR) is 210 cm³/mol. The van der Waals surface area contributed by atoms with Crippen LogP contribution in [0.15, 0.2) is 182 Å². The minimum Gasteiger partial charge on any atom is -0.294 e. The standard InChI is InChI=1S/C46H30N4/c1-3-11-35-29-37(21-15-31(35)9-1)49(43-13-5-7-27-47-43)41-25-19-33-18-24-40-42(26-20-34-17-23-39(41)45(33)46(34)40)50(44-14-6-8-28-48-44)38-22-16-32-10-2-4-12-36(32)30-38/h1-30H. The van der Waals surface area contributed by atoms with Crippen LogP contribution in [0, 0.1) is 0 Å². The van der Waals surface area contributed by atoms with E-state index in [1.165, 1.54) is 53.9 Å². The van der Waals surface area contributed by atoms with Crippen LogP contribution in [0.25, 0.3) is 53.9 Å². The van der Waals surface area contributed by atoms with Crippen molar-refractivity contribution in [2.24, 2.45) is 0 Å². The van der Waals surface area contributed by atoms with Gasteiger partial charge in [0, 0.05) is 34.5 Å². The summed E-state index contributed by atoms with van der Waals surface area (Å²) in [7, 11) is 0. The van der Waals surface area contributed by atoms with Crippen molar-refractivity contribution in [2.45, 2.75) is 0 Å². The van der Waals surface area contributed by atoms with Crippen LogP contribution in [0.1, 0.15) is 0 Å². The molecule has 0 saturated heterocycles. The van der Waals surface area contributed by atoms with Crippen LogP contribution in [0.2, 0.25) is 0 Å². The van der Waals surface area contributed by atoms with Gasteiger partial charge in [-0.2, -0.15) is 0 Å². The van der Waals surface area contributed by atoms with E-state index in [2.05, 4.69) is 168 Å². The third kappa shape index (κ3) is 4.54. The SMILES string of the molecule is c1ccc(N(c2ccc3ccccc3c2)c2ccc3ccc4c(N(c5ccc6ccccc6c5)c5ccccn5)ccc5ccc2c3c54)nc1. The van der Waals surface area contributed by atoms with Gasteiger partial charge in [-0.05, 0) is 104 Å². The molecule has 0 aliphatic heterocycles. The van der Waals surface area contributed by atoms with Gasteiger partial charge in [0.05, 0.1) is 11.4 Å². The fourth-order valence-corrected chi connectivity index (χ4v) is 7.55. The van der Waals surface area contributed by atoms with Crippen molar-refractivity contribution in [1.29, 1.82) is 0 Å². The zero-order valence-electron chi connectivity index (χ0n) is 27.1. The highest BCUT2D eigenvalue weighted by atomic mass is 15.2. The van der Waals surface area contributed by atoms with Gasteiger partial charge in [0.2, 0.25) is 0 Å². The lowest BCUT2D eigenvalue weighted by molar-refractivity contribution is 1.19. The van der Waals surface area contributed by atoms with E-state index in [1.54, 1.807) is 0 Å². The summed E-state index contributed by atoms with van der Waals surface area (Å²) in [6.45, 7) is 0. The molecule has 0 fully saturated rings. The molecule has 0 atom stereocenters. The molecule has 10 rings (SSSR count). The molecule has 0 aliphatic rings. The summed E-state index contributed by atoms with van der Waals surface area (Å²) in [6.07, 6.45) is 3.73. The molecular weight excluding hydrogens is 609 g/mol. The van der Waals surface area contributed by atoms with Gasteiger partial charge in [-0.1, -0.05) is 109 Å². The van der Waals surface area contributed by atoms with Crippen LogP contribution >= 0.6 is 0 Å². The average Bonchev–Trinajstić information content (AvgIpc) is 3.19. The van der Waals surface area contributed by atoms with Gasteiger partial charge in [0.25, 0.3) is 0 Å². The molecule has 0 unspecified atom stereocenters. The van der Waals surface area contributed by atoms with E-state index in [1.807, 2.05) is 24.5 Å². The fraction of sp³-hybridized carbons (Fsp3) is 0. The van der Waals surface area contributed by atoms with Gasteiger partial charge < -0.3 is 0 Å². The Kier molecular flexibility index (Phi) is 6.46. The van der Waals surface area contributed by atoms with Crippen LogP contribution in [-0.2, 0) is 0 Å². The second kappa shape index (κ2) is 11.4. The summed E-state index contributed by atoms with van der Waals surface area (Å²) in [5.74, 6) is 1.74. The second-order valence-corrected chi connectivity index (χ2v) is 12.7. The number of nitrogens with zero attached hydrogens (tertiary/aromatic N) is 4. The highest BCUT2D eigenvalue weighted by Crippen LogP contribution is 2.47. The molecule has 0 amide bonds. The first kappa shape index (κ1) is 28.3. The fourth-order valence-electron chi connectivity index (χ4n) is 7.55. The Hall–Kier alpha value is -6.78. The summed E-state index contributed by atoms with van der Waals surface area (Å²) < 4.78 is 0. The van der Waals surface area contributed by atoms with Gasteiger partial charge in [0.1, 0.15) is 11.6 Å². The summed E-state index contributed by atoms with van der Waals surface area (Å²) >= 11 is 0. The van der Waals surface area contributed by atoms with Crippen LogP contribution in [0.4, 0.5) is 34.4 Å².